The Morgan fingerprint density at radius 3 is 2.70 bits per heavy atom. The summed E-state index contributed by atoms with van der Waals surface area (Å²) in [6, 6.07) is 9.66. The third kappa shape index (κ3) is 5.27. The van der Waals surface area contributed by atoms with Crippen LogP contribution in [0.2, 0.25) is 0 Å². The zero-order valence-electron chi connectivity index (χ0n) is 15.3. The number of hydrogen-bond donors (Lipinski definition) is 1. The molecule has 7 heteroatoms. The van der Waals surface area contributed by atoms with Gasteiger partial charge in [0.25, 0.3) is 0 Å². The number of anilines is 1. The summed E-state index contributed by atoms with van der Waals surface area (Å²) < 4.78 is 10.6. The molecule has 0 unspecified atom stereocenters. The van der Waals surface area contributed by atoms with Crippen molar-refractivity contribution < 1.29 is 14.3 Å². The molecule has 27 heavy (non-hydrogen) atoms. The van der Waals surface area contributed by atoms with Crippen molar-refractivity contribution >= 4 is 22.4 Å². The maximum Gasteiger partial charge on any atom is 0.226 e. The molecule has 0 saturated heterocycles. The lowest BCUT2D eigenvalue weighted by atomic mass is 10.1. The van der Waals surface area contributed by atoms with Crippen LogP contribution in [0.3, 0.4) is 0 Å². The highest BCUT2D eigenvalue weighted by atomic mass is 32.1. The number of rotatable bonds is 8. The summed E-state index contributed by atoms with van der Waals surface area (Å²) in [5.41, 5.74) is 2.13. The minimum Gasteiger partial charge on any atom is -0.493 e. The minimum absolute atomic E-state index is 0.0501. The maximum atomic E-state index is 12.1. The number of thiazole rings is 1. The first-order valence-electron chi connectivity index (χ1n) is 8.52. The van der Waals surface area contributed by atoms with E-state index in [0.717, 1.165) is 16.0 Å². The van der Waals surface area contributed by atoms with Gasteiger partial charge < -0.3 is 14.8 Å². The number of nitrogens with zero attached hydrogens (tertiary/aromatic N) is 2. The van der Waals surface area contributed by atoms with Crippen molar-refractivity contribution in [2.75, 3.05) is 19.5 Å². The smallest absolute Gasteiger partial charge is 0.226 e. The van der Waals surface area contributed by atoms with Crippen molar-refractivity contribution in [1.82, 2.24) is 9.97 Å². The Balaban J connectivity index is 1.56. The summed E-state index contributed by atoms with van der Waals surface area (Å²) in [4.78, 5) is 21.5. The van der Waals surface area contributed by atoms with Gasteiger partial charge in [-0.1, -0.05) is 12.1 Å². The average Bonchev–Trinajstić information content (AvgIpc) is 3.13. The van der Waals surface area contributed by atoms with E-state index >= 15 is 0 Å². The van der Waals surface area contributed by atoms with Crippen molar-refractivity contribution in [3.63, 3.8) is 0 Å². The average molecular weight is 383 g/mol. The van der Waals surface area contributed by atoms with E-state index in [1.54, 1.807) is 32.8 Å². The molecule has 140 valence electrons. The van der Waals surface area contributed by atoms with Crippen molar-refractivity contribution in [1.29, 1.82) is 0 Å². The predicted octanol–water partition coefficient (Wildman–Crippen LogP) is 3.72. The topological polar surface area (TPSA) is 73.3 Å². The highest BCUT2D eigenvalue weighted by Gasteiger charge is 2.10. The van der Waals surface area contributed by atoms with Crippen LogP contribution < -0.4 is 14.8 Å². The van der Waals surface area contributed by atoms with E-state index in [0.29, 0.717) is 35.9 Å². The van der Waals surface area contributed by atoms with Crippen LogP contribution in [-0.4, -0.2) is 30.1 Å². The number of amides is 1. The molecule has 0 fully saturated rings. The van der Waals surface area contributed by atoms with Gasteiger partial charge in [0.15, 0.2) is 16.6 Å². The molecule has 0 spiro atoms. The summed E-state index contributed by atoms with van der Waals surface area (Å²) in [6.07, 6.45) is 7.05. The molecular weight excluding hydrogens is 362 g/mol. The lowest BCUT2D eigenvalue weighted by Crippen LogP contribution is -2.12. The molecule has 1 N–H and O–H groups in total. The van der Waals surface area contributed by atoms with E-state index in [9.17, 15) is 4.79 Å². The second-order valence-corrected chi connectivity index (χ2v) is 7.02. The van der Waals surface area contributed by atoms with Crippen LogP contribution in [0.4, 0.5) is 5.13 Å². The van der Waals surface area contributed by atoms with Gasteiger partial charge in [-0.15, -0.1) is 11.3 Å². The number of nitrogens with one attached hydrogen (secondary N) is 1. The van der Waals surface area contributed by atoms with Gasteiger partial charge in [-0.25, -0.2) is 4.98 Å². The van der Waals surface area contributed by atoms with Gasteiger partial charge >= 0.3 is 0 Å². The molecule has 0 atom stereocenters. The van der Waals surface area contributed by atoms with Gasteiger partial charge in [0.1, 0.15) is 0 Å². The molecule has 2 heterocycles. The Labute approximate surface area is 162 Å². The molecule has 0 radical (unpaired) electrons. The third-order valence-electron chi connectivity index (χ3n) is 3.99. The first kappa shape index (κ1) is 18.8. The molecular formula is C20H21N3O3S. The molecule has 0 aliphatic heterocycles. The Hall–Kier alpha value is -2.93. The normalized spacial score (nSPS) is 10.4. The summed E-state index contributed by atoms with van der Waals surface area (Å²) in [7, 11) is 3.23. The number of carbonyl (C=O) groups excluding carboxylic acids is 1. The van der Waals surface area contributed by atoms with Gasteiger partial charge in [0.2, 0.25) is 5.91 Å². The number of hydrogen-bond acceptors (Lipinski definition) is 6. The van der Waals surface area contributed by atoms with Gasteiger partial charge in [0.05, 0.1) is 14.2 Å². The number of benzene rings is 1. The summed E-state index contributed by atoms with van der Waals surface area (Å²) in [5, 5.41) is 3.48. The molecule has 3 aromatic rings. The molecule has 1 aromatic carbocycles. The van der Waals surface area contributed by atoms with E-state index in [4.69, 9.17) is 9.47 Å². The fourth-order valence-electron chi connectivity index (χ4n) is 2.62. The molecule has 0 aliphatic carbocycles. The van der Waals surface area contributed by atoms with Crippen molar-refractivity contribution in [2.24, 2.45) is 0 Å². The zero-order valence-corrected chi connectivity index (χ0v) is 16.1. The number of aryl methyl sites for hydroxylation is 1. The lowest BCUT2D eigenvalue weighted by Gasteiger charge is -2.08. The Morgan fingerprint density at radius 2 is 1.96 bits per heavy atom. The fraction of sp³-hybridized carbons (Fsp3) is 0.250. The highest BCUT2D eigenvalue weighted by Crippen LogP contribution is 2.29. The summed E-state index contributed by atoms with van der Waals surface area (Å²) in [5.74, 6) is 1.35. The quantitative estimate of drug-likeness (QED) is 0.642. The largest absolute Gasteiger partial charge is 0.493 e. The van der Waals surface area contributed by atoms with Crippen molar-refractivity contribution in [2.45, 2.75) is 19.3 Å². The van der Waals surface area contributed by atoms with Gasteiger partial charge in [-0.2, -0.15) is 0 Å². The Kier molecular flexibility index (Phi) is 6.38. The van der Waals surface area contributed by atoms with Crippen LogP contribution in [0.25, 0.3) is 0 Å². The van der Waals surface area contributed by atoms with Crippen LogP contribution >= 0.6 is 11.3 Å². The standard InChI is InChI=1S/C20H21N3O3S/c1-25-17-7-5-15(11-18(17)26-2)10-16-13-22-20(27-16)23-19(24)8-6-14-4-3-9-21-12-14/h3-5,7,9,11-13H,6,8,10H2,1-2H3,(H,22,23,24). The van der Waals surface area contributed by atoms with E-state index in [1.807, 2.05) is 30.3 Å². The molecule has 0 saturated carbocycles. The number of methoxy groups -OCH3 is 2. The number of aromatic nitrogens is 2. The molecule has 2 aromatic heterocycles. The second kappa shape index (κ2) is 9.14. The summed E-state index contributed by atoms with van der Waals surface area (Å²) >= 11 is 1.47. The number of carbonyl (C=O) groups is 1. The minimum atomic E-state index is -0.0501. The fourth-order valence-corrected chi connectivity index (χ4v) is 3.49. The van der Waals surface area contributed by atoms with Crippen molar-refractivity contribution in [3.05, 3.63) is 64.9 Å². The first-order chi connectivity index (χ1) is 13.2. The SMILES string of the molecule is COc1ccc(Cc2cnc(NC(=O)CCc3cccnc3)s2)cc1OC. The van der Waals surface area contributed by atoms with E-state index < -0.39 is 0 Å². The molecule has 0 bridgehead atoms. The maximum absolute atomic E-state index is 12.1. The van der Waals surface area contributed by atoms with Crippen LogP contribution in [0.15, 0.2) is 48.9 Å². The summed E-state index contributed by atoms with van der Waals surface area (Å²) in [6.45, 7) is 0. The Bertz CT molecular complexity index is 896. The molecule has 6 nitrogen and oxygen atoms in total. The van der Waals surface area contributed by atoms with Crippen molar-refractivity contribution in [3.8, 4) is 11.5 Å². The third-order valence-corrected chi connectivity index (χ3v) is 4.90. The van der Waals surface area contributed by atoms with Crippen LogP contribution in [0.1, 0.15) is 22.4 Å². The lowest BCUT2D eigenvalue weighted by molar-refractivity contribution is -0.116. The number of pyridine rings is 1. The first-order valence-corrected chi connectivity index (χ1v) is 9.34. The zero-order chi connectivity index (χ0) is 19.1. The van der Waals surface area contributed by atoms with E-state index in [1.165, 1.54) is 11.3 Å². The van der Waals surface area contributed by atoms with Gasteiger partial charge in [-0.05, 0) is 35.7 Å². The van der Waals surface area contributed by atoms with E-state index in [2.05, 4.69) is 15.3 Å². The monoisotopic (exact) mass is 383 g/mol. The Morgan fingerprint density at radius 1 is 1.11 bits per heavy atom. The van der Waals surface area contributed by atoms with E-state index in [-0.39, 0.29) is 5.91 Å². The highest BCUT2D eigenvalue weighted by molar-refractivity contribution is 7.15. The molecule has 0 aliphatic rings. The van der Waals surface area contributed by atoms with Crippen LogP contribution in [0.5, 0.6) is 11.5 Å². The van der Waals surface area contributed by atoms with Gasteiger partial charge in [0, 0.05) is 36.3 Å². The van der Waals surface area contributed by atoms with Crippen LogP contribution in [0, 0.1) is 0 Å². The van der Waals surface area contributed by atoms with Crippen LogP contribution in [-0.2, 0) is 17.6 Å². The second-order valence-electron chi connectivity index (χ2n) is 5.91. The predicted molar refractivity (Wildman–Crippen MR) is 106 cm³/mol. The molecule has 1 amide bonds. The number of ether oxygens (including phenoxy) is 2. The molecule has 3 rings (SSSR count). The van der Waals surface area contributed by atoms with Gasteiger partial charge in [-0.3, -0.25) is 9.78 Å².